The van der Waals surface area contributed by atoms with Gasteiger partial charge in [-0.1, -0.05) is 44.2 Å². The number of aliphatic hydroxyl groups excluding tert-OH is 1. The normalized spacial score (nSPS) is 10.6. The van der Waals surface area contributed by atoms with Crippen LogP contribution in [0.4, 0.5) is 5.69 Å². The standard InChI is InChI=1S/C15H18ClNO2/c1-15(2,3)14(19)17-13-10-11(6-4-5-9-18)7-8-12(13)16/h7-8,10,18H,5,9H2,1-3H3,(H,17,19). The highest BCUT2D eigenvalue weighted by atomic mass is 35.5. The summed E-state index contributed by atoms with van der Waals surface area (Å²) < 4.78 is 0. The topological polar surface area (TPSA) is 49.3 Å². The molecule has 0 saturated heterocycles. The first-order valence-electron chi connectivity index (χ1n) is 6.05. The van der Waals surface area contributed by atoms with Gasteiger partial charge in [-0.3, -0.25) is 4.79 Å². The molecule has 1 aromatic carbocycles. The Bertz CT molecular complexity index is 521. The van der Waals surface area contributed by atoms with Crippen molar-refractivity contribution in [3.63, 3.8) is 0 Å². The van der Waals surface area contributed by atoms with E-state index >= 15 is 0 Å². The lowest BCUT2D eigenvalue weighted by atomic mass is 9.95. The molecular formula is C15H18ClNO2. The van der Waals surface area contributed by atoms with E-state index in [0.29, 0.717) is 17.1 Å². The van der Waals surface area contributed by atoms with Gasteiger partial charge in [0.05, 0.1) is 17.3 Å². The molecule has 0 spiro atoms. The van der Waals surface area contributed by atoms with E-state index in [1.54, 1.807) is 18.2 Å². The van der Waals surface area contributed by atoms with Gasteiger partial charge in [0.25, 0.3) is 0 Å². The third kappa shape index (κ3) is 4.94. The molecule has 0 fully saturated rings. The molecule has 1 rings (SSSR count). The van der Waals surface area contributed by atoms with Crippen LogP contribution < -0.4 is 5.32 Å². The molecule has 2 N–H and O–H groups in total. The first kappa shape index (κ1) is 15.6. The van der Waals surface area contributed by atoms with Gasteiger partial charge in [-0.2, -0.15) is 0 Å². The van der Waals surface area contributed by atoms with Crippen LogP contribution in [0.25, 0.3) is 0 Å². The van der Waals surface area contributed by atoms with Gasteiger partial charge in [0.1, 0.15) is 0 Å². The van der Waals surface area contributed by atoms with Crippen LogP contribution in [-0.2, 0) is 4.79 Å². The zero-order valence-corrected chi connectivity index (χ0v) is 12.1. The third-order valence-electron chi connectivity index (χ3n) is 2.37. The van der Waals surface area contributed by atoms with Crippen LogP contribution in [0.2, 0.25) is 5.02 Å². The lowest BCUT2D eigenvalue weighted by Gasteiger charge is -2.18. The molecule has 0 aromatic heterocycles. The van der Waals surface area contributed by atoms with E-state index in [-0.39, 0.29) is 12.5 Å². The first-order valence-corrected chi connectivity index (χ1v) is 6.43. The van der Waals surface area contributed by atoms with E-state index in [1.165, 1.54) is 0 Å². The molecule has 3 nitrogen and oxygen atoms in total. The number of hydrogen-bond donors (Lipinski definition) is 2. The maximum Gasteiger partial charge on any atom is 0.229 e. The first-order chi connectivity index (χ1) is 8.84. The van der Waals surface area contributed by atoms with E-state index in [1.807, 2.05) is 20.8 Å². The molecule has 0 heterocycles. The average molecular weight is 280 g/mol. The zero-order valence-electron chi connectivity index (χ0n) is 11.4. The predicted octanol–water partition coefficient (Wildman–Crippen LogP) is 3.06. The Morgan fingerprint density at radius 2 is 2.11 bits per heavy atom. The van der Waals surface area contributed by atoms with E-state index in [9.17, 15) is 4.79 Å². The van der Waals surface area contributed by atoms with E-state index in [4.69, 9.17) is 16.7 Å². The fraction of sp³-hybridized carbons (Fsp3) is 0.400. The summed E-state index contributed by atoms with van der Waals surface area (Å²) in [6, 6.07) is 5.21. The smallest absolute Gasteiger partial charge is 0.229 e. The SMILES string of the molecule is CC(C)(C)C(=O)Nc1cc(C#CCCO)ccc1Cl. The lowest BCUT2D eigenvalue weighted by Crippen LogP contribution is -2.27. The summed E-state index contributed by atoms with van der Waals surface area (Å²) in [5.74, 6) is 5.63. The quantitative estimate of drug-likeness (QED) is 0.818. The summed E-state index contributed by atoms with van der Waals surface area (Å²) >= 11 is 6.05. The molecule has 0 unspecified atom stereocenters. The van der Waals surface area contributed by atoms with Gasteiger partial charge in [0.15, 0.2) is 0 Å². The minimum absolute atomic E-state index is 0.0359. The Morgan fingerprint density at radius 3 is 2.68 bits per heavy atom. The van der Waals surface area contributed by atoms with Gasteiger partial charge >= 0.3 is 0 Å². The van der Waals surface area contributed by atoms with Crippen molar-refractivity contribution < 1.29 is 9.90 Å². The summed E-state index contributed by atoms with van der Waals surface area (Å²) in [5, 5.41) is 11.9. The Balaban J connectivity index is 2.93. The van der Waals surface area contributed by atoms with Crippen LogP contribution in [0.15, 0.2) is 18.2 Å². The van der Waals surface area contributed by atoms with Crippen molar-refractivity contribution in [1.82, 2.24) is 0 Å². The third-order valence-corrected chi connectivity index (χ3v) is 2.69. The van der Waals surface area contributed by atoms with Crippen molar-refractivity contribution in [2.45, 2.75) is 27.2 Å². The number of halogens is 1. The molecule has 0 atom stereocenters. The molecule has 1 amide bonds. The van der Waals surface area contributed by atoms with Crippen molar-refractivity contribution in [2.75, 3.05) is 11.9 Å². The summed E-state index contributed by atoms with van der Waals surface area (Å²) in [6.07, 6.45) is 0.423. The van der Waals surface area contributed by atoms with Crippen LogP contribution in [-0.4, -0.2) is 17.6 Å². The number of nitrogens with one attached hydrogen (secondary N) is 1. The van der Waals surface area contributed by atoms with Crippen LogP contribution in [0.3, 0.4) is 0 Å². The Hall–Kier alpha value is -1.50. The summed E-state index contributed by atoms with van der Waals surface area (Å²) in [6.45, 7) is 5.54. The highest BCUT2D eigenvalue weighted by Gasteiger charge is 2.21. The van der Waals surface area contributed by atoms with Crippen molar-refractivity contribution in [2.24, 2.45) is 5.41 Å². The number of anilines is 1. The van der Waals surface area contributed by atoms with Gasteiger partial charge in [-0.15, -0.1) is 0 Å². The molecule has 0 radical (unpaired) electrons. The van der Waals surface area contributed by atoms with Gasteiger partial charge in [-0.05, 0) is 18.2 Å². The molecule has 4 heteroatoms. The van der Waals surface area contributed by atoms with Gasteiger partial charge < -0.3 is 10.4 Å². The number of carbonyl (C=O) groups is 1. The second kappa shape index (κ2) is 6.60. The van der Waals surface area contributed by atoms with Crippen LogP contribution >= 0.6 is 11.6 Å². The second-order valence-corrected chi connectivity index (χ2v) is 5.58. The highest BCUT2D eigenvalue weighted by Crippen LogP contribution is 2.25. The number of rotatable bonds is 2. The molecule has 0 aliphatic heterocycles. The molecular weight excluding hydrogens is 262 g/mol. The van der Waals surface area contributed by atoms with Gasteiger partial charge in [-0.25, -0.2) is 0 Å². The predicted molar refractivity (Wildman–Crippen MR) is 78.1 cm³/mol. The van der Waals surface area contributed by atoms with E-state index in [0.717, 1.165) is 5.56 Å². The molecule has 0 bridgehead atoms. The van der Waals surface area contributed by atoms with Crippen molar-refractivity contribution in [3.8, 4) is 11.8 Å². The van der Waals surface area contributed by atoms with Crippen molar-refractivity contribution in [1.29, 1.82) is 0 Å². The average Bonchev–Trinajstić information content (AvgIpc) is 2.32. The summed E-state index contributed by atoms with van der Waals surface area (Å²) in [5.41, 5.74) is 0.821. The molecule has 19 heavy (non-hydrogen) atoms. The number of aliphatic hydroxyl groups is 1. The van der Waals surface area contributed by atoms with Gasteiger partial charge in [0.2, 0.25) is 5.91 Å². The van der Waals surface area contributed by atoms with Crippen LogP contribution in [0, 0.1) is 17.3 Å². The number of amides is 1. The Morgan fingerprint density at radius 1 is 1.42 bits per heavy atom. The molecule has 102 valence electrons. The molecule has 0 aliphatic carbocycles. The van der Waals surface area contributed by atoms with Crippen molar-refractivity contribution >= 4 is 23.2 Å². The number of hydrogen-bond acceptors (Lipinski definition) is 2. The van der Waals surface area contributed by atoms with Gasteiger partial charge in [0, 0.05) is 17.4 Å². The minimum Gasteiger partial charge on any atom is -0.395 e. The van der Waals surface area contributed by atoms with E-state index in [2.05, 4.69) is 17.2 Å². The monoisotopic (exact) mass is 279 g/mol. The number of carbonyl (C=O) groups excluding carboxylic acids is 1. The largest absolute Gasteiger partial charge is 0.395 e. The second-order valence-electron chi connectivity index (χ2n) is 5.17. The Kier molecular flexibility index (Phi) is 5.41. The lowest BCUT2D eigenvalue weighted by molar-refractivity contribution is -0.123. The Labute approximate surface area is 119 Å². The fourth-order valence-corrected chi connectivity index (χ4v) is 1.39. The highest BCUT2D eigenvalue weighted by molar-refractivity contribution is 6.33. The fourth-order valence-electron chi connectivity index (χ4n) is 1.23. The molecule has 0 aliphatic rings. The molecule has 0 saturated carbocycles. The maximum absolute atomic E-state index is 11.9. The summed E-state index contributed by atoms with van der Waals surface area (Å²) in [7, 11) is 0. The minimum atomic E-state index is -0.484. The van der Waals surface area contributed by atoms with E-state index < -0.39 is 5.41 Å². The maximum atomic E-state index is 11.9. The molecule has 1 aromatic rings. The zero-order chi connectivity index (χ0) is 14.5. The van der Waals surface area contributed by atoms with Crippen molar-refractivity contribution in [3.05, 3.63) is 28.8 Å². The summed E-state index contributed by atoms with van der Waals surface area (Å²) in [4.78, 5) is 11.9. The number of benzene rings is 1. The van der Waals surface area contributed by atoms with Crippen LogP contribution in [0.5, 0.6) is 0 Å². The van der Waals surface area contributed by atoms with Crippen LogP contribution in [0.1, 0.15) is 32.8 Å².